The fourth-order valence-electron chi connectivity index (χ4n) is 0.402. The molecule has 1 rings (SSSR count). The summed E-state index contributed by atoms with van der Waals surface area (Å²) in [6, 6.07) is 0. The molecule has 0 fully saturated rings. The Labute approximate surface area is 51.5 Å². The number of rotatable bonds is 1. The van der Waals surface area contributed by atoms with Gasteiger partial charge in [-0.2, -0.15) is 0 Å². The average Bonchev–Trinajstić information content (AvgIpc) is 2.14. The van der Waals surface area contributed by atoms with Crippen LogP contribution in [0.25, 0.3) is 0 Å². The van der Waals surface area contributed by atoms with Crippen LogP contribution >= 0.6 is 11.3 Å². The first-order valence-corrected chi connectivity index (χ1v) is 3.03. The zero-order valence-electron chi connectivity index (χ0n) is 4.51. The molecule has 44 valence electrons. The van der Waals surface area contributed by atoms with Crippen LogP contribution in [0.3, 0.4) is 0 Å². The van der Waals surface area contributed by atoms with Crippen molar-refractivity contribution in [3.05, 3.63) is 6.20 Å². The van der Waals surface area contributed by atoms with Crippen LogP contribution in [0.2, 0.25) is 0 Å². The number of thiazole rings is 1. The molecule has 1 aromatic heterocycles. The number of nitrogen functional groups attached to an aromatic ring is 1. The highest BCUT2D eigenvalue weighted by molar-refractivity contribution is 7.19. The van der Waals surface area contributed by atoms with E-state index in [9.17, 15) is 0 Å². The monoisotopic (exact) mass is 129 g/mol. The molecule has 0 saturated carbocycles. The molecule has 1 aromatic rings. The maximum atomic E-state index is 5.37. The quantitative estimate of drug-likeness (QED) is 0.588. The number of nitrogens with zero attached hydrogens (tertiary/aromatic N) is 1. The van der Waals surface area contributed by atoms with E-state index in [0.29, 0.717) is 0 Å². The Morgan fingerprint density at radius 2 is 2.62 bits per heavy atom. The van der Waals surface area contributed by atoms with Crippen molar-refractivity contribution in [2.75, 3.05) is 18.1 Å². The van der Waals surface area contributed by atoms with E-state index in [1.54, 1.807) is 6.20 Å². The van der Waals surface area contributed by atoms with Crippen molar-refractivity contribution in [3.8, 4) is 0 Å². The fraction of sp³-hybridized carbons (Fsp3) is 0.250. The molecule has 0 aromatic carbocycles. The normalized spacial score (nSPS) is 9.12. The van der Waals surface area contributed by atoms with Gasteiger partial charge in [0.1, 0.15) is 5.00 Å². The van der Waals surface area contributed by atoms with Gasteiger partial charge in [-0.1, -0.05) is 11.3 Å². The van der Waals surface area contributed by atoms with Crippen LogP contribution in [-0.2, 0) is 0 Å². The maximum absolute atomic E-state index is 5.37. The maximum Gasteiger partial charge on any atom is 0.184 e. The van der Waals surface area contributed by atoms with Crippen LogP contribution in [0.15, 0.2) is 6.20 Å². The Kier molecular flexibility index (Phi) is 1.34. The molecule has 0 amide bonds. The lowest BCUT2D eigenvalue weighted by atomic mass is 10.9. The summed E-state index contributed by atoms with van der Waals surface area (Å²) in [5.74, 6) is 0. The summed E-state index contributed by atoms with van der Waals surface area (Å²) >= 11 is 1.44. The summed E-state index contributed by atoms with van der Waals surface area (Å²) < 4.78 is 0. The number of aromatic nitrogens is 1. The predicted molar refractivity (Wildman–Crippen MR) is 36.1 cm³/mol. The Morgan fingerprint density at radius 1 is 1.88 bits per heavy atom. The van der Waals surface area contributed by atoms with Gasteiger partial charge in [-0.3, -0.25) is 0 Å². The molecular weight excluding hydrogens is 122 g/mol. The van der Waals surface area contributed by atoms with Gasteiger partial charge in [0.25, 0.3) is 0 Å². The zero-order chi connectivity index (χ0) is 5.98. The number of anilines is 2. The summed E-state index contributed by atoms with van der Waals surface area (Å²) in [5.41, 5.74) is 5.37. The van der Waals surface area contributed by atoms with E-state index in [1.807, 2.05) is 7.05 Å². The summed E-state index contributed by atoms with van der Waals surface area (Å²) in [6.45, 7) is 0. The predicted octanol–water partition coefficient (Wildman–Crippen LogP) is 0.767. The molecule has 8 heavy (non-hydrogen) atoms. The molecular formula is C4H7N3S. The molecule has 0 atom stereocenters. The Bertz CT molecular complexity index is 172. The molecule has 0 unspecified atom stereocenters. The molecule has 1 heterocycles. The molecule has 3 nitrogen and oxygen atoms in total. The van der Waals surface area contributed by atoms with Crippen molar-refractivity contribution in [1.82, 2.24) is 4.98 Å². The Hall–Kier alpha value is -0.770. The highest BCUT2D eigenvalue weighted by Crippen LogP contribution is 2.17. The van der Waals surface area contributed by atoms with Crippen LogP contribution in [0, 0.1) is 0 Å². The Morgan fingerprint density at radius 3 is 2.88 bits per heavy atom. The second-order valence-electron chi connectivity index (χ2n) is 1.32. The molecule has 0 aliphatic rings. The minimum absolute atomic E-state index is 0.745. The summed E-state index contributed by atoms with van der Waals surface area (Å²) in [5, 5.41) is 4.48. The van der Waals surface area contributed by atoms with Crippen LogP contribution in [-0.4, -0.2) is 12.0 Å². The van der Waals surface area contributed by atoms with Crippen molar-refractivity contribution in [3.63, 3.8) is 0 Å². The molecule has 3 N–H and O–H groups in total. The first-order chi connectivity index (χ1) is 3.83. The highest BCUT2D eigenvalue weighted by atomic mass is 32.1. The molecule has 0 radical (unpaired) electrons. The van der Waals surface area contributed by atoms with Gasteiger partial charge in [-0.05, 0) is 0 Å². The highest BCUT2D eigenvalue weighted by Gasteiger charge is 1.91. The second kappa shape index (κ2) is 2.00. The minimum atomic E-state index is 0.745. The van der Waals surface area contributed by atoms with Crippen molar-refractivity contribution < 1.29 is 0 Å². The van der Waals surface area contributed by atoms with Crippen LogP contribution in [0.1, 0.15) is 0 Å². The van der Waals surface area contributed by atoms with Crippen LogP contribution in [0.5, 0.6) is 0 Å². The van der Waals surface area contributed by atoms with E-state index in [-0.39, 0.29) is 0 Å². The lowest BCUT2D eigenvalue weighted by Crippen LogP contribution is -1.83. The summed E-state index contributed by atoms with van der Waals surface area (Å²) in [6.07, 6.45) is 1.64. The van der Waals surface area contributed by atoms with Crippen LogP contribution in [0.4, 0.5) is 10.1 Å². The average molecular weight is 129 g/mol. The van der Waals surface area contributed by atoms with E-state index < -0.39 is 0 Å². The van der Waals surface area contributed by atoms with Crippen molar-refractivity contribution >= 4 is 21.5 Å². The lowest BCUT2D eigenvalue weighted by molar-refractivity contribution is 1.37. The number of nitrogens with two attached hydrogens (primary N) is 1. The number of nitrogens with one attached hydrogen (secondary N) is 1. The van der Waals surface area contributed by atoms with Crippen LogP contribution < -0.4 is 11.1 Å². The van der Waals surface area contributed by atoms with Gasteiger partial charge in [-0.25, -0.2) is 4.98 Å². The largest absolute Gasteiger partial charge is 0.389 e. The standard InChI is InChI=1S/C4H7N3S/c1-6-4-7-2-3(5)8-4/h2H,5H2,1H3,(H,6,7). The van der Waals surface area contributed by atoms with Gasteiger partial charge in [0.15, 0.2) is 5.13 Å². The van der Waals surface area contributed by atoms with Gasteiger partial charge in [0, 0.05) is 7.05 Å². The van der Waals surface area contributed by atoms with Crippen molar-refractivity contribution in [1.29, 1.82) is 0 Å². The first kappa shape index (κ1) is 5.37. The van der Waals surface area contributed by atoms with E-state index >= 15 is 0 Å². The molecule has 0 aliphatic heterocycles. The minimum Gasteiger partial charge on any atom is -0.389 e. The molecule has 0 spiro atoms. The first-order valence-electron chi connectivity index (χ1n) is 2.22. The third-order valence-electron chi connectivity index (χ3n) is 0.737. The van der Waals surface area contributed by atoms with E-state index in [0.717, 1.165) is 10.1 Å². The SMILES string of the molecule is CNc1ncc(N)s1. The van der Waals surface area contributed by atoms with E-state index in [1.165, 1.54) is 11.3 Å². The van der Waals surface area contributed by atoms with Crippen molar-refractivity contribution in [2.24, 2.45) is 0 Å². The molecule has 0 bridgehead atoms. The summed E-state index contributed by atoms with van der Waals surface area (Å²) in [7, 11) is 1.82. The van der Waals surface area contributed by atoms with E-state index in [2.05, 4.69) is 10.3 Å². The smallest absolute Gasteiger partial charge is 0.184 e. The van der Waals surface area contributed by atoms with Gasteiger partial charge >= 0.3 is 0 Å². The van der Waals surface area contributed by atoms with Crippen molar-refractivity contribution in [2.45, 2.75) is 0 Å². The van der Waals surface area contributed by atoms with Gasteiger partial charge in [0.2, 0.25) is 0 Å². The second-order valence-corrected chi connectivity index (χ2v) is 2.38. The van der Waals surface area contributed by atoms with Gasteiger partial charge < -0.3 is 11.1 Å². The molecule has 0 aliphatic carbocycles. The topological polar surface area (TPSA) is 50.9 Å². The summed E-state index contributed by atoms with van der Waals surface area (Å²) in [4.78, 5) is 3.92. The molecule has 4 heteroatoms. The zero-order valence-corrected chi connectivity index (χ0v) is 5.33. The molecule has 0 saturated heterocycles. The fourth-order valence-corrected chi connectivity index (χ4v) is 0.938. The number of hydrogen-bond donors (Lipinski definition) is 2. The number of hydrogen-bond acceptors (Lipinski definition) is 4. The van der Waals surface area contributed by atoms with E-state index in [4.69, 9.17) is 5.73 Å². The third-order valence-corrected chi connectivity index (χ3v) is 1.58. The van der Waals surface area contributed by atoms with Gasteiger partial charge in [-0.15, -0.1) is 0 Å². The third kappa shape index (κ3) is 0.894. The Balaban J connectivity index is 2.84. The lowest BCUT2D eigenvalue weighted by Gasteiger charge is -1.84. The van der Waals surface area contributed by atoms with Gasteiger partial charge in [0.05, 0.1) is 6.20 Å².